The van der Waals surface area contributed by atoms with Gasteiger partial charge in [-0.3, -0.25) is 9.78 Å². The summed E-state index contributed by atoms with van der Waals surface area (Å²) in [5.74, 6) is 0.994. The summed E-state index contributed by atoms with van der Waals surface area (Å²) < 4.78 is 11.1. The van der Waals surface area contributed by atoms with Crippen LogP contribution in [-0.4, -0.2) is 57.1 Å². The van der Waals surface area contributed by atoms with Gasteiger partial charge in [0.05, 0.1) is 35.8 Å². The van der Waals surface area contributed by atoms with Gasteiger partial charge in [-0.1, -0.05) is 18.2 Å². The maximum Gasteiger partial charge on any atom is 0.237 e. The number of aliphatic imine (C=N–C) groups is 1. The number of quaternary nitrogens is 1. The minimum Gasteiger partial charge on any atom is -0.477 e. The smallest absolute Gasteiger partial charge is 0.237 e. The fraction of sp³-hybridized carbons (Fsp3) is 0.467. The van der Waals surface area contributed by atoms with Crippen molar-refractivity contribution in [3.8, 4) is 23.2 Å². The summed E-state index contributed by atoms with van der Waals surface area (Å²) in [4.78, 5) is 32.1. The van der Waals surface area contributed by atoms with Gasteiger partial charge in [-0.15, -0.1) is 0 Å². The molecule has 1 aliphatic carbocycles. The number of pyridine rings is 1. The molecule has 2 aliphatic rings. The molecule has 3 heterocycles. The van der Waals surface area contributed by atoms with Crippen molar-refractivity contribution in [2.24, 2.45) is 10.4 Å². The second-order valence-electron chi connectivity index (χ2n) is 10.4. The number of carbonyl (C=O) groups is 1. The molecule has 2 aromatic rings. The minimum atomic E-state index is -1.01. The van der Waals surface area contributed by atoms with Crippen LogP contribution in [0.25, 0.3) is 11.3 Å². The normalized spacial score (nSPS) is 18.9. The highest BCUT2D eigenvalue weighted by Gasteiger charge is 2.55. The molecule has 0 radical (unpaired) electrons. The van der Waals surface area contributed by atoms with Gasteiger partial charge in [0.2, 0.25) is 17.3 Å². The number of rotatable bonds is 12. The number of anilines is 1. The number of carbonyl (C=O) groups excluding carboxylic acids is 1. The van der Waals surface area contributed by atoms with E-state index in [0.717, 1.165) is 11.1 Å². The number of ether oxygens (including phenoxy) is 2. The second-order valence-corrected chi connectivity index (χ2v) is 10.4. The number of hydroxylamine groups is 1. The third-order valence-electron chi connectivity index (χ3n) is 7.62. The Hall–Kier alpha value is -4.18. The largest absolute Gasteiger partial charge is 0.477 e. The lowest BCUT2D eigenvalue weighted by molar-refractivity contribution is -1.14. The van der Waals surface area contributed by atoms with E-state index in [-0.39, 0.29) is 11.1 Å². The summed E-state index contributed by atoms with van der Waals surface area (Å²) in [6.45, 7) is 8.91. The lowest BCUT2D eigenvalue weighted by Gasteiger charge is -2.36. The van der Waals surface area contributed by atoms with Gasteiger partial charge >= 0.3 is 0 Å². The maximum atomic E-state index is 14.0. The lowest BCUT2D eigenvalue weighted by Crippen LogP contribution is -3.21. The Morgan fingerprint density at radius 1 is 1.24 bits per heavy atom. The molecule has 2 aromatic heterocycles. The van der Waals surface area contributed by atoms with E-state index in [0.29, 0.717) is 80.8 Å². The molecule has 1 atom stereocenters. The number of aromatic nitrogens is 3. The number of nitriles is 1. The summed E-state index contributed by atoms with van der Waals surface area (Å²) in [6.07, 6.45) is 11.1. The highest BCUT2D eigenvalue weighted by Crippen LogP contribution is 2.36. The van der Waals surface area contributed by atoms with Gasteiger partial charge < -0.3 is 14.8 Å². The molecular weight excluding hydrogens is 536 g/mol. The van der Waals surface area contributed by atoms with Crippen LogP contribution in [0.3, 0.4) is 0 Å². The highest BCUT2D eigenvalue weighted by atomic mass is 16.5. The predicted molar refractivity (Wildman–Crippen MR) is 156 cm³/mol. The van der Waals surface area contributed by atoms with E-state index < -0.39 is 11.0 Å². The first-order valence-electron chi connectivity index (χ1n) is 14.3. The Balaban J connectivity index is 1.63. The van der Waals surface area contributed by atoms with E-state index in [1.54, 1.807) is 24.7 Å². The quantitative estimate of drug-likeness (QED) is 0.220. The number of nitrogens with one attached hydrogen (secondary N) is 3. The zero-order valence-electron chi connectivity index (χ0n) is 24.6. The van der Waals surface area contributed by atoms with Crippen molar-refractivity contribution in [3.63, 3.8) is 0 Å². The summed E-state index contributed by atoms with van der Waals surface area (Å²) in [7, 11) is 0. The summed E-state index contributed by atoms with van der Waals surface area (Å²) in [5.41, 5.74) is 3.86. The van der Waals surface area contributed by atoms with E-state index in [1.165, 1.54) is 0 Å². The number of hydrogen-bond acceptors (Lipinski definition) is 10. The molecule has 42 heavy (non-hydrogen) atoms. The summed E-state index contributed by atoms with van der Waals surface area (Å²) >= 11 is 0. The average molecular weight is 576 g/mol. The van der Waals surface area contributed by atoms with Crippen molar-refractivity contribution >= 4 is 17.4 Å². The molecule has 1 amide bonds. The minimum absolute atomic E-state index is 0.109. The van der Waals surface area contributed by atoms with Crippen LogP contribution >= 0.6 is 0 Å². The van der Waals surface area contributed by atoms with Crippen LogP contribution in [0.2, 0.25) is 0 Å². The Morgan fingerprint density at radius 2 is 2.00 bits per heavy atom. The van der Waals surface area contributed by atoms with Crippen LogP contribution in [0.15, 0.2) is 59.3 Å². The second kappa shape index (κ2) is 13.7. The predicted octanol–water partition coefficient (Wildman–Crippen LogP) is 3.17. The molecule has 2 fully saturated rings. The fourth-order valence-electron chi connectivity index (χ4n) is 4.62. The van der Waals surface area contributed by atoms with Crippen molar-refractivity contribution in [1.29, 1.82) is 5.26 Å². The maximum absolute atomic E-state index is 14.0. The molecule has 0 aromatic carbocycles. The standard InChI is InChI=1S/C30H38N8O4/c1-5-8-24(35-27(21(4)6-2)37-38(40)29(20-31)11-12-29)30(13-15-41-16-14-30)28(39)36-25-10-9-22(17-33-25)23-18-32-19-26(34-23)42-7-3/h5,8-10,17-19,37,40H,6-7,11-16H2,1-4H3,(H,33,36,39)/p+1/b8-5-,27-21?,35-24+. The first-order valence-corrected chi connectivity index (χ1v) is 14.3. The molecule has 12 heteroatoms. The first-order chi connectivity index (χ1) is 20.3. The van der Waals surface area contributed by atoms with Crippen LogP contribution in [0.4, 0.5) is 5.82 Å². The van der Waals surface area contributed by atoms with Crippen molar-refractivity contribution in [2.75, 3.05) is 25.1 Å². The Kier molecular flexibility index (Phi) is 10.0. The van der Waals surface area contributed by atoms with Gasteiger partial charge in [0.1, 0.15) is 11.9 Å². The molecule has 222 valence electrons. The van der Waals surface area contributed by atoms with Crippen molar-refractivity contribution in [1.82, 2.24) is 20.4 Å². The van der Waals surface area contributed by atoms with Crippen LogP contribution < -0.4 is 20.7 Å². The summed E-state index contributed by atoms with van der Waals surface area (Å²) in [5, 5.41) is 23.2. The average Bonchev–Trinajstić information content (AvgIpc) is 3.82. The molecule has 0 spiro atoms. The van der Waals surface area contributed by atoms with E-state index in [4.69, 9.17) is 14.5 Å². The fourth-order valence-corrected chi connectivity index (χ4v) is 4.62. The van der Waals surface area contributed by atoms with Crippen LogP contribution in [0.1, 0.15) is 59.8 Å². The van der Waals surface area contributed by atoms with E-state index in [2.05, 4.69) is 31.8 Å². The molecule has 4 N–H and O–H groups in total. The number of nitrogens with zero attached hydrogens (tertiary/aromatic N) is 5. The van der Waals surface area contributed by atoms with E-state index >= 15 is 0 Å². The number of amides is 1. The molecule has 0 bridgehead atoms. The Morgan fingerprint density at radius 3 is 2.60 bits per heavy atom. The van der Waals surface area contributed by atoms with Gasteiger partial charge in [0.25, 0.3) is 0 Å². The molecule has 1 saturated heterocycles. The van der Waals surface area contributed by atoms with Crippen molar-refractivity contribution in [2.45, 2.75) is 65.3 Å². The number of allylic oxidation sites excluding steroid dienone is 3. The molecular formula is C30H39N8O4+. The van der Waals surface area contributed by atoms with Gasteiger partial charge in [-0.05, 0) is 63.8 Å². The molecule has 1 saturated carbocycles. The van der Waals surface area contributed by atoms with Crippen LogP contribution in [-0.2, 0) is 9.53 Å². The van der Waals surface area contributed by atoms with Crippen molar-refractivity contribution < 1.29 is 24.6 Å². The third-order valence-corrected chi connectivity index (χ3v) is 7.62. The van der Waals surface area contributed by atoms with Crippen LogP contribution in [0.5, 0.6) is 5.88 Å². The monoisotopic (exact) mass is 575 g/mol. The van der Waals surface area contributed by atoms with Gasteiger partial charge in [0, 0.05) is 37.8 Å². The third kappa shape index (κ3) is 6.82. The molecule has 1 aliphatic heterocycles. The lowest BCUT2D eigenvalue weighted by atomic mass is 9.74. The molecule has 12 nitrogen and oxygen atoms in total. The molecule has 1 unspecified atom stereocenters. The Bertz CT molecular complexity index is 1390. The van der Waals surface area contributed by atoms with Crippen LogP contribution in [0, 0.1) is 16.7 Å². The number of hydrogen-bond donors (Lipinski definition) is 4. The van der Waals surface area contributed by atoms with E-state index in [1.807, 2.05) is 45.9 Å². The van der Waals surface area contributed by atoms with Gasteiger partial charge in [-0.2, -0.15) is 15.9 Å². The highest BCUT2D eigenvalue weighted by molar-refractivity contribution is 6.17. The zero-order valence-corrected chi connectivity index (χ0v) is 24.6. The zero-order chi connectivity index (χ0) is 30.2. The Labute approximate surface area is 246 Å². The van der Waals surface area contributed by atoms with E-state index in [9.17, 15) is 15.3 Å². The van der Waals surface area contributed by atoms with Gasteiger partial charge in [0.15, 0.2) is 5.82 Å². The van der Waals surface area contributed by atoms with Gasteiger partial charge in [-0.25, -0.2) is 15.0 Å². The summed E-state index contributed by atoms with van der Waals surface area (Å²) in [6, 6.07) is 5.73. The first kappa shape index (κ1) is 30.8. The topological polar surface area (TPSA) is 159 Å². The molecule has 4 rings (SSSR count). The van der Waals surface area contributed by atoms with Crippen molar-refractivity contribution in [3.05, 3.63) is 54.3 Å². The SMILES string of the molecule is C/C=C\C(=N/C(N[NH+](O)C1(C#N)CC1)=C(C)CC)C1(C(=O)Nc2ccc(-c3cncc(OCC)n3)cn2)CCOCC1.